The van der Waals surface area contributed by atoms with Gasteiger partial charge in [-0.05, 0) is 210 Å². The number of anilines is 9. The molecule has 0 aliphatic rings. The maximum absolute atomic E-state index is 6.68. The first-order chi connectivity index (χ1) is 56.3. The lowest BCUT2D eigenvalue weighted by Crippen LogP contribution is -2.10. The van der Waals surface area contributed by atoms with Crippen molar-refractivity contribution in [1.82, 2.24) is 0 Å². The second-order valence-corrected chi connectivity index (χ2v) is 30.0. The normalized spacial score (nSPS) is 11.3. The lowest BCUT2D eigenvalue weighted by Gasteiger charge is -2.27. The van der Waals surface area contributed by atoms with E-state index in [1.54, 1.807) is 0 Å². The molecule has 0 spiro atoms. The lowest BCUT2D eigenvalue weighted by molar-refractivity contribution is 0.669. The smallest absolute Gasteiger partial charge is 0.138 e. The SMILES string of the molecule is Clc1ccc(-c2ccc(Br)cc2)cc1.Clc1ccc(-c2ccc(N(c3ccccc3)c3cc4oc5ccc6ccccc6c5c4c4ccccc34)cc2)cc1.c1ccc(-c2ccc(N(c3ccccc3)c3ccc(-c4ccc(N(c5ccccc5)c5cc6oc7ccc8ccccc8c7c6c6ccccc56)cc4)cc3)cc2)cc1. The molecule has 0 aliphatic carbocycles. The fourth-order valence-corrected chi connectivity index (χ4v) is 16.5. The molecule has 0 amide bonds. The van der Waals surface area contributed by atoms with Gasteiger partial charge < -0.3 is 23.5 Å². The van der Waals surface area contributed by atoms with Crippen LogP contribution in [0.15, 0.2) is 438 Å². The fourth-order valence-electron chi connectivity index (χ4n) is 15.9. The molecule has 19 aromatic carbocycles. The van der Waals surface area contributed by atoms with Crippen LogP contribution in [0.1, 0.15) is 0 Å². The van der Waals surface area contributed by atoms with E-state index in [4.69, 9.17) is 32.0 Å². The van der Waals surface area contributed by atoms with Gasteiger partial charge in [0, 0.05) is 98.8 Å². The number of furan rings is 2. The van der Waals surface area contributed by atoms with Crippen LogP contribution in [0, 0.1) is 0 Å². The minimum absolute atomic E-state index is 0.737. The Labute approximate surface area is 679 Å². The van der Waals surface area contributed by atoms with Crippen molar-refractivity contribution in [3.05, 3.63) is 439 Å². The van der Waals surface area contributed by atoms with Gasteiger partial charge >= 0.3 is 0 Å². The first kappa shape index (κ1) is 70.7. The fraction of sp³-hybridized carbons (Fsp3) is 0. The van der Waals surface area contributed by atoms with E-state index >= 15 is 0 Å². The van der Waals surface area contributed by atoms with Gasteiger partial charge in [-0.15, -0.1) is 0 Å². The van der Waals surface area contributed by atoms with Gasteiger partial charge in [0.05, 0.1) is 11.4 Å². The Morgan fingerprint density at radius 2 is 0.439 bits per heavy atom. The molecular formula is C106H70BrCl2N3O2. The molecule has 0 unspecified atom stereocenters. The van der Waals surface area contributed by atoms with Crippen molar-refractivity contribution in [2.45, 2.75) is 0 Å². The number of fused-ring (bicyclic) bond motifs is 14. The van der Waals surface area contributed by atoms with E-state index in [2.05, 4.69) is 407 Å². The Balaban J connectivity index is 0.000000136. The molecular weight excluding hydrogens is 1500 g/mol. The molecule has 5 nitrogen and oxygen atoms in total. The maximum atomic E-state index is 6.68. The van der Waals surface area contributed by atoms with Gasteiger partial charge in [-0.1, -0.05) is 318 Å². The summed E-state index contributed by atoms with van der Waals surface area (Å²) >= 11 is 15.4. The minimum Gasteiger partial charge on any atom is -0.456 e. The number of hydrogen-bond donors (Lipinski definition) is 0. The van der Waals surface area contributed by atoms with Crippen molar-refractivity contribution in [3.63, 3.8) is 0 Å². The van der Waals surface area contributed by atoms with Gasteiger partial charge in [0.1, 0.15) is 22.3 Å². The van der Waals surface area contributed by atoms with Crippen molar-refractivity contribution >= 4 is 177 Å². The molecule has 0 bridgehead atoms. The van der Waals surface area contributed by atoms with Gasteiger partial charge in [0.25, 0.3) is 0 Å². The van der Waals surface area contributed by atoms with E-state index < -0.39 is 0 Å². The summed E-state index contributed by atoms with van der Waals surface area (Å²) in [4.78, 5) is 6.98. The van der Waals surface area contributed by atoms with E-state index in [-0.39, 0.29) is 0 Å². The van der Waals surface area contributed by atoms with Crippen molar-refractivity contribution in [3.8, 4) is 44.5 Å². The van der Waals surface area contributed by atoms with Crippen LogP contribution in [0.3, 0.4) is 0 Å². The van der Waals surface area contributed by atoms with Crippen molar-refractivity contribution in [1.29, 1.82) is 0 Å². The number of hydrogen-bond acceptors (Lipinski definition) is 5. The van der Waals surface area contributed by atoms with Crippen LogP contribution in [-0.4, -0.2) is 0 Å². The molecule has 8 heteroatoms. The summed E-state index contributed by atoms with van der Waals surface area (Å²) in [6.45, 7) is 0. The molecule has 0 saturated carbocycles. The highest BCUT2D eigenvalue weighted by Gasteiger charge is 2.25. The number of halogens is 3. The molecule has 542 valence electrons. The third-order valence-electron chi connectivity index (χ3n) is 21.4. The molecule has 0 atom stereocenters. The van der Waals surface area contributed by atoms with E-state index in [1.165, 1.54) is 65.3 Å². The van der Waals surface area contributed by atoms with Crippen LogP contribution >= 0.6 is 39.1 Å². The Morgan fingerprint density at radius 3 is 0.789 bits per heavy atom. The average Bonchev–Trinajstić information content (AvgIpc) is 1.55. The number of benzene rings is 19. The summed E-state index contributed by atoms with van der Waals surface area (Å²) in [5.41, 5.74) is 22.7. The highest BCUT2D eigenvalue weighted by molar-refractivity contribution is 9.10. The Hall–Kier alpha value is -13.7. The molecule has 0 saturated heterocycles. The zero-order valence-electron chi connectivity index (χ0n) is 61.7. The standard InChI is InChI=1S/C56H38N2O.C38H24ClNO.C12H8BrCl/c1-4-14-39(15-5-1)40-24-31-46(32-25-40)57(44-17-6-2-7-18-44)47-33-26-41(27-34-47)42-28-35-48(36-29-42)58(45-19-8-3-9-20-45)52-38-54-56(51-23-13-12-22-50(51)52)55-49-21-11-10-16-43(49)30-37-53(55)59-54;39-28-19-14-25(15-20-28)26-16-21-30(22-17-26)40(29-9-2-1-3-10-29)34-24-36-38(33-13-7-6-12-32(33)34)37-31-11-5-4-8-27(31)18-23-35(37)41-36;13-11-5-1-9(2-6-11)10-3-7-12(14)8-4-10/h1-38H;1-24H;1-8H. The molecule has 21 rings (SSSR count). The molecule has 0 aliphatic heterocycles. The lowest BCUT2D eigenvalue weighted by atomic mass is 9.98. The largest absolute Gasteiger partial charge is 0.456 e. The maximum Gasteiger partial charge on any atom is 0.138 e. The van der Waals surface area contributed by atoms with Gasteiger partial charge in [0.15, 0.2) is 0 Å². The van der Waals surface area contributed by atoms with Crippen molar-refractivity contribution in [2.24, 2.45) is 0 Å². The molecule has 0 radical (unpaired) electrons. The first-order valence-electron chi connectivity index (χ1n) is 38.1. The molecule has 114 heavy (non-hydrogen) atoms. The molecule has 2 aromatic heterocycles. The van der Waals surface area contributed by atoms with Crippen LogP contribution < -0.4 is 14.7 Å². The predicted octanol–water partition coefficient (Wildman–Crippen LogP) is 32.6. The van der Waals surface area contributed by atoms with Gasteiger partial charge in [-0.3, -0.25) is 0 Å². The summed E-state index contributed by atoms with van der Waals surface area (Å²) in [5, 5.41) is 15.6. The topological polar surface area (TPSA) is 36.0 Å². The van der Waals surface area contributed by atoms with Gasteiger partial charge in [0.2, 0.25) is 0 Å². The summed E-state index contributed by atoms with van der Waals surface area (Å²) in [7, 11) is 0. The molecule has 2 heterocycles. The van der Waals surface area contributed by atoms with Crippen LogP contribution in [0.5, 0.6) is 0 Å². The van der Waals surface area contributed by atoms with Crippen LogP contribution in [0.25, 0.3) is 131 Å². The molecule has 21 aromatic rings. The highest BCUT2D eigenvalue weighted by Crippen LogP contribution is 2.49. The Bertz CT molecular complexity index is 6970. The van der Waals surface area contributed by atoms with Crippen LogP contribution in [-0.2, 0) is 0 Å². The third kappa shape index (κ3) is 13.9. The van der Waals surface area contributed by atoms with Gasteiger partial charge in [-0.25, -0.2) is 0 Å². The van der Waals surface area contributed by atoms with E-state index in [0.717, 1.165) is 132 Å². The van der Waals surface area contributed by atoms with E-state index in [1.807, 2.05) is 48.5 Å². The Morgan fingerprint density at radius 1 is 0.193 bits per heavy atom. The molecule has 0 fully saturated rings. The highest BCUT2D eigenvalue weighted by atomic mass is 79.9. The van der Waals surface area contributed by atoms with Gasteiger partial charge in [-0.2, -0.15) is 0 Å². The summed E-state index contributed by atoms with van der Waals surface area (Å²) in [6, 6.07) is 149. The van der Waals surface area contributed by atoms with Crippen molar-refractivity contribution < 1.29 is 8.83 Å². The Kier molecular flexibility index (Phi) is 19.3. The third-order valence-corrected chi connectivity index (χ3v) is 22.4. The summed E-state index contributed by atoms with van der Waals surface area (Å²) in [6.07, 6.45) is 0. The second-order valence-electron chi connectivity index (χ2n) is 28.2. The molecule has 0 N–H and O–H groups in total. The summed E-state index contributed by atoms with van der Waals surface area (Å²) in [5.74, 6) is 0. The monoisotopic (exact) mass is 1570 g/mol. The van der Waals surface area contributed by atoms with Crippen molar-refractivity contribution in [2.75, 3.05) is 14.7 Å². The number of nitrogens with zero attached hydrogens (tertiary/aromatic N) is 3. The zero-order chi connectivity index (χ0) is 76.4. The average molecular weight is 1570 g/mol. The second kappa shape index (κ2) is 31.2. The predicted molar refractivity (Wildman–Crippen MR) is 487 cm³/mol. The quantitative estimate of drug-likeness (QED) is 0.115. The van der Waals surface area contributed by atoms with E-state index in [9.17, 15) is 0 Å². The van der Waals surface area contributed by atoms with Crippen LogP contribution in [0.4, 0.5) is 51.2 Å². The van der Waals surface area contributed by atoms with Crippen LogP contribution in [0.2, 0.25) is 10.0 Å². The minimum atomic E-state index is 0.737. The number of para-hydroxylation sites is 3. The zero-order valence-corrected chi connectivity index (χ0v) is 64.8. The number of rotatable bonds is 13. The van der Waals surface area contributed by atoms with E-state index in [0.29, 0.717) is 0 Å². The first-order valence-corrected chi connectivity index (χ1v) is 39.6. The summed E-state index contributed by atoms with van der Waals surface area (Å²) < 4.78 is 14.4.